The minimum Gasteiger partial charge on any atom is -0.393 e. The molecular weight excluding hydrogens is 264 g/mol. The van der Waals surface area contributed by atoms with Gasteiger partial charge < -0.3 is 10.1 Å². The van der Waals surface area contributed by atoms with Crippen LogP contribution in [0.3, 0.4) is 0 Å². The van der Waals surface area contributed by atoms with Gasteiger partial charge >= 0.3 is 4.87 Å². The van der Waals surface area contributed by atoms with Crippen molar-refractivity contribution in [3.63, 3.8) is 0 Å². The van der Waals surface area contributed by atoms with Gasteiger partial charge in [-0.15, -0.1) is 0 Å². The molecule has 0 aliphatic rings. The summed E-state index contributed by atoms with van der Waals surface area (Å²) < 4.78 is 26.3. The maximum atomic E-state index is 11.9. The minimum atomic E-state index is -3.69. The van der Waals surface area contributed by atoms with Gasteiger partial charge in [-0.2, -0.15) is 0 Å². The highest BCUT2D eigenvalue weighted by Gasteiger charge is 2.23. The first-order valence-corrected chi connectivity index (χ1v) is 7.42. The van der Waals surface area contributed by atoms with Crippen LogP contribution >= 0.6 is 11.3 Å². The highest BCUT2D eigenvalue weighted by atomic mass is 32.2. The number of aromatic nitrogens is 1. The average Bonchev–Trinajstić information content (AvgIpc) is 2.42. The monoisotopic (exact) mass is 280 g/mol. The molecule has 2 atom stereocenters. The van der Waals surface area contributed by atoms with Crippen LogP contribution in [0.1, 0.15) is 26.0 Å². The first-order chi connectivity index (χ1) is 7.72. The van der Waals surface area contributed by atoms with Gasteiger partial charge in [-0.25, -0.2) is 13.1 Å². The summed E-state index contributed by atoms with van der Waals surface area (Å²) in [4.78, 5) is 13.1. The first-order valence-electron chi connectivity index (χ1n) is 5.12. The molecule has 1 aromatic heterocycles. The number of aromatic amines is 1. The molecule has 3 N–H and O–H groups in total. The van der Waals surface area contributed by atoms with Crippen molar-refractivity contribution in [2.24, 2.45) is 0 Å². The van der Waals surface area contributed by atoms with E-state index in [1.165, 1.54) is 6.92 Å². The number of sulfonamides is 1. The molecule has 6 nitrogen and oxygen atoms in total. The van der Waals surface area contributed by atoms with Crippen LogP contribution in [0.15, 0.2) is 9.00 Å². The fourth-order valence-corrected chi connectivity index (χ4v) is 4.10. The SMILES string of the molecule is Cc1[nH]c(=O)sc1S(=O)(=O)NC(C)CC(C)O. The molecular formula is C9H16N2O4S2. The number of hydrogen-bond acceptors (Lipinski definition) is 5. The summed E-state index contributed by atoms with van der Waals surface area (Å²) in [5.41, 5.74) is 0.330. The van der Waals surface area contributed by atoms with Crippen LogP contribution in [0.4, 0.5) is 0 Å². The third-order valence-corrected chi connectivity index (χ3v) is 5.27. The van der Waals surface area contributed by atoms with Crippen molar-refractivity contribution in [1.29, 1.82) is 0 Å². The molecule has 8 heteroatoms. The van der Waals surface area contributed by atoms with E-state index in [4.69, 9.17) is 5.11 Å². The molecule has 0 aliphatic carbocycles. The van der Waals surface area contributed by atoms with Gasteiger partial charge in [0.25, 0.3) is 10.0 Å². The summed E-state index contributed by atoms with van der Waals surface area (Å²) in [6, 6.07) is -0.392. The zero-order valence-corrected chi connectivity index (χ0v) is 11.5. The van der Waals surface area contributed by atoms with Crippen molar-refractivity contribution < 1.29 is 13.5 Å². The van der Waals surface area contributed by atoms with Crippen LogP contribution in [0, 0.1) is 6.92 Å². The second kappa shape index (κ2) is 5.30. The van der Waals surface area contributed by atoms with E-state index in [9.17, 15) is 13.2 Å². The van der Waals surface area contributed by atoms with Gasteiger partial charge in [0.05, 0.1) is 6.10 Å². The van der Waals surface area contributed by atoms with Crippen LogP contribution in [0.5, 0.6) is 0 Å². The Bertz CT molecular complexity index is 529. The molecule has 98 valence electrons. The second-order valence-corrected chi connectivity index (χ2v) is 6.93. The Balaban J connectivity index is 2.90. The molecule has 0 amide bonds. The normalized spacial score (nSPS) is 15.8. The lowest BCUT2D eigenvalue weighted by molar-refractivity contribution is 0.175. The molecule has 0 aliphatic heterocycles. The number of thiazole rings is 1. The van der Waals surface area contributed by atoms with E-state index in [-0.39, 0.29) is 4.21 Å². The summed E-state index contributed by atoms with van der Waals surface area (Å²) in [5.74, 6) is 0. The first kappa shape index (κ1) is 14.4. The van der Waals surface area contributed by atoms with Crippen LogP contribution in [-0.2, 0) is 10.0 Å². The number of nitrogens with one attached hydrogen (secondary N) is 2. The summed E-state index contributed by atoms with van der Waals surface area (Å²) >= 11 is 0.658. The van der Waals surface area contributed by atoms with Gasteiger partial charge in [0, 0.05) is 11.7 Å². The Labute approximate surface area is 104 Å². The van der Waals surface area contributed by atoms with Crippen LogP contribution in [0.2, 0.25) is 0 Å². The Morgan fingerprint density at radius 2 is 2.06 bits per heavy atom. The Morgan fingerprint density at radius 1 is 1.47 bits per heavy atom. The largest absolute Gasteiger partial charge is 0.393 e. The third-order valence-electron chi connectivity index (χ3n) is 2.08. The molecule has 1 rings (SSSR count). The second-order valence-electron chi connectivity index (χ2n) is 4.03. The van der Waals surface area contributed by atoms with Crippen molar-refractivity contribution in [3.8, 4) is 0 Å². The summed E-state index contributed by atoms with van der Waals surface area (Å²) in [5, 5.41) is 9.16. The molecule has 0 saturated carbocycles. The van der Waals surface area contributed by atoms with E-state index >= 15 is 0 Å². The lowest BCUT2D eigenvalue weighted by Crippen LogP contribution is -2.34. The molecule has 17 heavy (non-hydrogen) atoms. The maximum absolute atomic E-state index is 11.9. The van der Waals surface area contributed by atoms with Crippen molar-refractivity contribution in [2.75, 3.05) is 0 Å². The lowest BCUT2D eigenvalue weighted by atomic mass is 10.2. The Morgan fingerprint density at radius 3 is 2.47 bits per heavy atom. The van der Waals surface area contributed by atoms with Crippen molar-refractivity contribution >= 4 is 21.4 Å². The summed E-state index contributed by atoms with van der Waals surface area (Å²) in [6.45, 7) is 4.78. The van der Waals surface area contributed by atoms with Gasteiger partial charge in [0.1, 0.15) is 0 Å². The fraction of sp³-hybridized carbons (Fsp3) is 0.667. The van der Waals surface area contributed by atoms with E-state index in [0.29, 0.717) is 23.5 Å². The predicted octanol–water partition coefficient (Wildman–Crippen LogP) is 0.183. The molecule has 1 aromatic rings. The van der Waals surface area contributed by atoms with Gasteiger partial charge in [-0.1, -0.05) is 11.3 Å². The minimum absolute atomic E-state index is 0.0000529. The molecule has 2 unspecified atom stereocenters. The van der Waals surface area contributed by atoms with Gasteiger partial charge in [0.2, 0.25) is 0 Å². The highest BCUT2D eigenvalue weighted by Crippen LogP contribution is 2.16. The third kappa shape index (κ3) is 3.91. The molecule has 0 fully saturated rings. The maximum Gasteiger partial charge on any atom is 0.305 e. The molecule has 0 aromatic carbocycles. The zero-order chi connectivity index (χ0) is 13.2. The number of aliphatic hydroxyl groups is 1. The van der Waals surface area contributed by atoms with E-state index in [2.05, 4.69) is 9.71 Å². The van der Waals surface area contributed by atoms with Crippen molar-refractivity contribution in [3.05, 3.63) is 15.4 Å². The molecule has 0 spiro atoms. The average molecular weight is 280 g/mol. The standard InChI is InChI=1S/C9H16N2O4S2/c1-5(4-6(2)12)11-17(14,15)8-7(3)10-9(13)16-8/h5-6,11-12H,4H2,1-3H3,(H,10,13). The Kier molecular flexibility index (Phi) is 4.48. The molecule has 0 saturated heterocycles. The number of hydrogen-bond donors (Lipinski definition) is 3. The van der Waals surface area contributed by atoms with Gasteiger partial charge in [-0.05, 0) is 27.2 Å². The van der Waals surface area contributed by atoms with E-state index in [1.54, 1.807) is 13.8 Å². The molecule has 0 bridgehead atoms. The lowest BCUT2D eigenvalue weighted by Gasteiger charge is -2.14. The van der Waals surface area contributed by atoms with Crippen molar-refractivity contribution in [2.45, 2.75) is 43.5 Å². The van der Waals surface area contributed by atoms with E-state index in [1.807, 2.05) is 0 Å². The number of aryl methyl sites for hydroxylation is 1. The van der Waals surface area contributed by atoms with Gasteiger partial charge in [0.15, 0.2) is 4.21 Å². The van der Waals surface area contributed by atoms with Crippen molar-refractivity contribution in [1.82, 2.24) is 9.71 Å². The highest BCUT2D eigenvalue weighted by molar-refractivity contribution is 7.91. The van der Waals surface area contributed by atoms with Crippen LogP contribution in [0.25, 0.3) is 0 Å². The number of aliphatic hydroxyl groups excluding tert-OH is 1. The van der Waals surface area contributed by atoms with E-state index in [0.717, 1.165) is 0 Å². The summed E-state index contributed by atoms with van der Waals surface area (Å²) in [7, 11) is -3.69. The zero-order valence-electron chi connectivity index (χ0n) is 9.85. The molecule has 0 radical (unpaired) electrons. The predicted molar refractivity (Wildman–Crippen MR) is 65.8 cm³/mol. The van der Waals surface area contributed by atoms with Crippen LogP contribution < -0.4 is 9.60 Å². The molecule has 1 heterocycles. The van der Waals surface area contributed by atoms with E-state index < -0.39 is 27.0 Å². The fourth-order valence-electron chi connectivity index (χ4n) is 1.52. The Hall–Kier alpha value is -0.700. The van der Waals surface area contributed by atoms with Crippen LogP contribution in [-0.4, -0.2) is 30.7 Å². The number of H-pyrrole nitrogens is 1. The quantitative estimate of drug-likeness (QED) is 0.716. The summed E-state index contributed by atoms with van der Waals surface area (Å²) in [6.07, 6.45) is -0.267. The van der Waals surface area contributed by atoms with Gasteiger partial charge in [-0.3, -0.25) is 4.79 Å². The topological polar surface area (TPSA) is 99.3 Å². The smallest absolute Gasteiger partial charge is 0.305 e. The number of rotatable bonds is 5.